The molecule has 0 bridgehead atoms. The average Bonchev–Trinajstić information content (AvgIpc) is 2.88. The second-order valence-electron chi connectivity index (χ2n) is 5.99. The molecule has 1 saturated carbocycles. The summed E-state index contributed by atoms with van der Waals surface area (Å²) in [6.45, 7) is 7.04. The summed E-state index contributed by atoms with van der Waals surface area (Å²) in [4.78, 5) is 11.5. The van der Waals surface area contributed by atoms with Gasteiger partial charge in [-0.25, -0.2) is 4.79 Å². The molecule has 0 spiro atoms. The topological polar surface area (TPSA) is 51.5 Å². The molecule has 106 valence electrons. The zero-order chi connectivity index (χ0) is 14.0. The van der Waals surface area contributed by atoms with Crippen LogP contribution in [-0.2, 0) is 11.3 Å². The van der Waals surface area contributed by atoms with Gasteiger partial charge in [0.1, 0.15) is 17.1 Å². The molecule has 1 N–H and O–H groups in total. The fourth-order valence-corrected chi connectivity index (χ4v) is 2.87. The van der Waals surface area contributed by atoms with Crippen LogP contribution in [0.2, 0.25) is 0 Å². The van der Waals surface area contributed by atoms with E-state index in [1.165, 1.54) is 26.4 Å². The molecular formula is C15H23NO3. The zero-order valence-electron chi connectivity index (χ0n) is 12.2. The Morgan fingerprint density at radius 1 is 1.58 bits per heavy atom. The summed E-state index contributed by atoms with van der Waals surface area (Å²) in [5.41, 5.74) is 0.859. The van der Waals surface area contributed by atoms with Gasteiger partial charge in [0, 0.05) is 6.04 Å². The Bertz CT molecular complexity index is 462. The van der Waals surface area contributed by atoms with Gasteiger partial charge in [0.15, 0.2) is 0 Å². The molecule has 1 aliphatic rings. The second kappa shape index (κ2) is 5.37. The molecule has 1 fully saturated rings. The molecule has 0 aromatic carbocycles. The van der Waals surface area contributed by atoms with Gasteiger partial charge in [-0.15, -0.1) is 0 Å². The maximum absolute atomic E-state index is 11.5. The molecule has 2 rings (SSSR count). The molecule has 1 unspecified atom stereocenters. The molecule has 0 saturated heterocycles. The smallest absolute Gasteiger partial charge is 0.341 e. The number of ether oxygens (including phenoxy) is 1. The van der Waals surface area contributed by atoms with Gasteiger partial charge in [-0.2, -0.15) is 0 Å². The van der Waals surface area contributed by atoms with Crippen LogP contribution >= 0.6 is 0 Å². The van der Waals surface area contributed by atoms with Crippen molar-refractivity contribution in [3.63, 3.8) is 0 Å². The van der Waals surface area contributed by atoms with Gasteiger partial charge in [-0.1, -0.05) is 20.3 Å². The van der Waals surface area contributed by atoms with Crippen molar-refractivity contribution >= 4 is 5.97 Å². The molecule has 0 radical (unpaired) electrons. The lowest BCUT2D eigenvalue weighted by atomic mass is 9.87. The summed E-state index contributed by atoms with van der Waals surface area (Å²) in [5.74, 6) is 1.07. The Morgan fingerprint density at radius 2 is 2.32 bits per heavy atom. The zero-order valence-corrected chi connectivity index (χ0v) is 12.2. The first-order valence-electron chi connectivity index (χ1n) is 6.85. The highest BCUT2D eigenvalue weighted by atomic mass is 16.5. The van der Waals surface area contributed by atoms with Gasteiger partial charge in [-0.05, 0) is 31.2 Å². The Hall–Kier alpha value is -1.29. The molecule has 4 nitrogen and oxygen atoms in total. The molecule has 0 amide bonds. The standard InChI is InChI=1S/C15H23NO3/c1-10-12(14(17)18-4)8-11(19-10)9-16-13-6-5-7-15(13,2)3/h8,13,16H,5-7,9H2,1-4H3. The number of nitrogens with one attached hydrogen (secondary N) is 1. The fourth-order valence-electron chi connectivity index (χ4n) is 2.87. The number of esters is 1. The molecule has 1 aromatic heterocycles. The first kappa shape index (κ1) is 14.1. The van der Waals surface area contributed by atoms with E-state index in [-0.39, 0.29) is 5.97 Å². The van der Waals surface area contributed by atoms with Crippen LogP contribution in [0.15, 0.2) is 10.5 Å². The first-order valence-corrected chi connectivity index (χ1v) is 6.85. The van der Waals surface area contributed by atoms with Crippen LogP contribution in [-0.4, -0.2) is 19.1 Å². The summed E-state index contributed by atoms with van der Waals surface area (Å²) < 4.78 is 10.3. The van der Waals surface area contributed by atoms with E-state index < -0.39 is 0 Å². The minimum atomic E-state index is -0.339. The third kappa shape index (κ3) is 3.00. The van der Waals surface area contributed by atoms with Gasteiger partial charge in [0.2, 0.25) is 0 Å². The van der Waals surface area contributed by atoms with Crippen LogP contribution in [0, 0.1) is 12.3 Å². The number of methoxy groups -OCH3 is 1. The van der Waals surface area contributed by atoms with Crippen LogP contribution in [0.3, 0.4) is 0 Å². The maximum atomic E-state index is 11.5. The number of aryl methyl sites for hydroxylation is 1. The van der Waals surface area contributed by atoms with Crippen LogP contribution in [0.5, 0.6) is 0 Å². The molecule has 0 aliphatic heterocycles. The van der Waals surface area contributed by atoms with E-state index in [4.69, 9.17) is 9.15 Å². The third-order valence-corrected chi connectivity index (χ3v) is 4.15. The van der Waals surface area contributed by atoms with Crippen LogP contribution in [0.4, 0.5) is 0 Å². The molecule has 1 aromatic rings. The summed E-state index contributed by atoms with van der Waals surface area (Å²) in [6, 6.07) is 2.29. The van der Waals surface area contributed by atoms with Gasteiger partial charge in [-0.3, -0.25) is 0 Å². The minimum absolute atomic E-state index is 0.339. The minimum Gasteiger partial charge on any atom is -0.465 e. The Labute approximate surface area is 114 Å². The summed E-state index contributed by atoms with van der Waals surface area (Å²) >= 11 is 0. The fraction of sp³-hybridized carbons (Fsp3) is 0.667. The van der Waals surface area contributed by atoms with Crippen LogP contribution in [0.25, 0.3) is 0 Å². The number of hydrogen-bond acceptors (Lipinski definition) is 4. The van der Waals surface area contributed by atoms with E-state index >= 15 is 0 Å². The van der Waals surface area contributed by atoms with Crippen molar-refractivity contribution in [2.24, 2.45) is 5.41 Å². The van der Waals surface area contributed by atoms with Gasteiger partial charge >= 0.3 is 5.97 Å². The number of carbonyl (C=O) groups is 1. The Kier molecular flexibility index (Phi) is 3.99. The van der Waals surface area contributed by atoms with Crippen molar-refractivity contribution in [2.75, 3.05) is 7.11 Å². The molecule has 1 heterocycles. The van der Waals surface area contributed by atoms with Gasteiger partial charge < -0.3 is 14.5 Å². The first-order chi connectivity index (χ1) is 8.94. The van der Waals surface area contributed by atoms with Gasteiger partial charge in [0.25, 0.3) is 0 Å². The van der Waals surface area contributed by atoms with Crippen LogP contribution < -0.4 is 5.32 Å². The molecule has 4 heteroatoms. The third-order valence-electron chi connectivity index (χ3n) is 4.15. The number of furan rings is 1. The highest BCUT2D eigenvalue weighted by Gasteiger charge is 2.34. The largest absolute Gasteiger partial charge is 0.465 e. The van der Waals surface area contributed by atoms with Crippen molar-refractivity contribution in [3.05, 3.63) is 23.2 Å². The lowest BCUT2D eigenvalue weighted by Gasteiger charge is -2.27. The molecule has 1 aliphatic carbocycles. The highest BCUT2D eigenvalue weighted by Crippen LogP contribution is 2.37. The molecule has 19 heavy (non-hydrogen) atoms. The van der Waals surface area contributed by atoms with E-state index in [9.17, 15) is 4.79 Å². The predicted molar refractivity (Wildman–Crippen MR) is 73.0 cm³/mol. The monoisotopic (exact) mass is 265 g/mol. The summed E-state index contributed by atoms with van der Waals surface area (Å²) in [6.07, 6.45) is 3.74. The Balaban J connectivity index is 1.99. The summed E-state index contributed by atoms with van der Waals surface area (Å²) in [5, 5.41) is 3.54. The molecular weight excluding hydrogens is 242 g/mol. The van der Waals surface area contributed by atoms with Gasteiger partial charge in [0.05, 0.1) is 13.7 Å². The predicted octanol–water partition coefficient (Wildman–Crippen LogP) is 3.04. The average molecular weight is 265 g/mol. The SMILES string of the molecule is COC(=O)c1cc(CNC2CCCC2(C)C)oc1C. The second-order valence-corrected chi connectivity index (χ2v) is 5.99. The van der Waals surface area contributed by atoms with Crippen molar-refractivity contribution in [2.45, 2.75) is 52.6 Å². The van der Waals surface area contributed by atoms with Crippen molar-refractivity contribution < 1.29 is 13.9 Å². The van der Waals surface area contributed by atoms with E-state index in [1.807, 2.05) is 0 Å². The van der Waals surface area contributed by atoms with Crippen molar-refractivity contribution in [1.82, 2.24) is 5.32 Å². The van der Waals surface area contributed by atoms with E-state index in [1.54, 1.807) is 13.0 Å². The lowest BCUT2D eigenvalue weighted by molar-refractivity contribution is 0.0599. The number of hydrogen-bond donors (Lipinski definition) is 1. The number of carbonyl (C=O) groups excluding carboxylic acids is 1. The van der Waals surface area contributed by atoms with Crippen LogP contribution in [0.1, 0.15) is 55.0 Å². The highest BCUT2D eigenvalue weighted by molar-refractivity contribution is 5.90. The number of rotatable bonds is 4. The summed E-state index contributed by atoms with van der Waals surface area (Å²) in [7, 11) is 1.38. The molecule has 1 atom stereocenters. The Morgan fingerprint density at radius 3 is 2.89 bits per heavy atom. The van der Waals surface area contributed by atoms with Crippen molar-refractivity contribution in [1.29, 1.82) is 0 Å². The maximum Gasteiger partial charge on any atom is 0.341 e. The van der Waals surface area contributed by atoms with Crippen molar-refractivity contribution in [3.8, 4) is 0 Å². The van der Waals surface area contributed by atoms with E-state index in [0.717, 1.165) is 5.76 Å². The van der Waals surface area contributed by atoms with E-state index in [0.29, 0.717) is 29.3 Å². The quantitative estimate of drug-likeness (QED) is 0.850. The normalized spacial score (nSPS) is 21.6. The van der Waals surface area contributed by atoms with E-state index in [2.05, 4.69) is 19.2 Å². The lowest BCUT2D eigenvalue weighted by Crippen LogP contribution is -2.37.